The Morgan fingerprint density at radius 2 is 1.94 bits per heavy atom. The smallest absolute Gasteiger partial charge is 0.292 e. The molecular weight excluding hydrogens is 628 g/mol. The van der Waals surface area contributed by atoms with Gasteiger partial charge >= 0.3 is 0 Å². The number of amides is 2. The molecule has 4 N–H and O–H groups in total. The van der Waals surface area contributed by atoms with Crippen molar-refractivity contribution in [3.05, 3.63) is 117 Å². The molecule has 1 aromatic heterocycles. The first-order valence-electron chi connectivity index (χ1n) is 14.6. The number of benzene rings is 2. The molecule has 14 nitrogen and oxygen atoms in total. The number of aryl methyl sites for hydroxylation is 1. The third-order valence-electron chi connectivity index (χ3n) is 7.46. The third kappa shape index (κ3) is 7.14. The Morgan fingerprint density at radius 1 is 1.13 bits per heavy atom. The van der Waals surface area contributed by atoms with Gasteiger partial charge in [-0.05, 0) is 49.2 Å². The fourth-order valence-electron chi connectivity index (χ4n) is 5.07. The molecule has 3 aromatic rings. The van der Waals surface area contributed by atoms with E-state index in [-0.39, 0.29) is 36.4 Å². The maximum absolute atomic E-state index is 13.1. The minimum atomic E-state index is -0.575. The minimum Gasteiger partial charge on any atom is -0.492 e. The summed E-state index contributed by atoms with van der Waals surface area (Å²) in [5.74, 6) is 0.362. The zero-order chi connectivity index (χ0) is 32.9. The molecule has 6 rings (SSSR count). The van der Waals surface area contributed by atoms with Crippen LogP contribution < -0.4 is 26.3 Å². The highest BCUT2D eigenvalue weighted by atomic mass is 35.5. The summed E-state index contributed by atoms with van der Waals surface area (Å²) in [5, 5.41) is 22.0. The van der Waals surface area contributed by atoms with E-state index < -0.39 is 11.0 Å². The van der Waals surface area contributed by atoms with Gasteiger partial charge in [0.25, 0.3) is 17.5 Å². The first-order valence-corrected chi connectivity index (χ1v) is 15.0. The monoisotopic (exact) mass is 656 g/mol. The van der Waals surface area contributed by atoms with E-state index in [1.165, 1.54) is 6.08 Å². The average molecular weight is 657 g/mol. The second kappa shape index (κ2) is 13.8. The molecule has 1 saturated heterocycles. The van der Waals surface area contributed by atoms with Gasteiger partial charge in [0, 0.05) is 41.0 Å². The van der Waals surface area contributed by atoms with E-state index in [4.69, 9.17) is 21.3 Å². The number of hydrogen-bond acceptors (Lipinski definition) is 10. The van der Waals surface area contributed by atoms with E-state index in [9.17, 15) is 19.7 Å². The molecule has 0 spiro atoms. The van der Waals surface area contributed by atoms with Crippen LogP contribution in [-0.2, 0) is 16.8 Å². The highest BCUT2D eigenvalue weighted by Gasteiger charge is 2.35. The van der Waals surface area contributed by atoms with Gasteiger partial charge in [-0.1, -0.05) is 42.0 Å². The first kappa shape index (κ1) is 31.4. The number of rotatable bonds is 10. The number of nitrogens with zero attached hydrogens (tertiary/aromatic N) is 4. The lowest BCUT2D eigenvalue weighted by atomic mass is 10.0. The number of ether oxygens (including phenoxy) is 1. The number of hydroxylamine groups is 2. The third-order valence-corrected chi connectivity index (χ3v) is 7.82. The van der Waals surface area contributed by atoms with Gasteiger partial charge in [-0.3, -0.25) is 29.4 Å². The molecule has 3 aliphatic rings. The molecule has 0 saturated carbocycles. The van der Waals surface area contributed by atoms with Crippen LogP contribution in [0.1, 0.15) is 23.2 Å². The normalized spacial score (nSPS) is 17.8. The summed E-state index contributed by atoms with van der Waals surface area (Å²) in [5.41, 5.74) is 8.82. The van der Waals surface area contributed by atoms with Crippen molar-refractivity contribution in [3.63, 3.8) is 0 Å². The molecule has 1 unspecified atom stereocenters. The topological polar surface area (TPSA) is 174 Å². The van der Waals surface area contributed by atoms with Gasteiger partial charge in [0.2, 0.25) is 0 Å². The van der Waals surface area contributed by atoms with E-state index in [0.29, 0.717) is 44.8 Å². The zero-order valence-corrected chi connectivity index (χ0v) is 25.8. The Morgan fingerprint density at radius 3 is 2.72 bits per heavy atom. The molecule has 15 heteroatoms. The van der Waals surface area contributed by atoms with Crippen LogP contribution in [0.3, 0.4) is 0 Å². The number of nitrogens with one attached hydrogen (secondary N) is 4. The molecule has 240 valence electrons. The molecule has 1 aliphatic heterocycles. The Balaban J connectivity index is 1.03. The van der Waals surface area contributed by atoms with Crippen LogP contribution in [0, 0.1) is 10.1 Å². The van der Waals surface area contributed by atoms with E-state index in [1.807, 2.05) is 24.3 Å². The van der Waals surface area contributed by atoms with Crippen molar-refractivity contribution >= 4 is 40.6 Å². The lowest BCUT2D eigenvalue weighted by Gasteiger charge is -2.13. The van der Waals surface area contributed by atoms with Gasteiger partial charge in [0.1, 0.15) is 29.9 Å². The molecule has 0 radical (unpaired) electrons. The maximum Gasteiger partial charge on any atom is 0.292 e. The van der Waals surface area contributed by atoms with Crippen LogP contribution in [0.15, 0.2) is 106 Å². The number of aliphatic imine (C=N–C) groups is 1. The van der Waals surface area contributed by atoms with E-state index in [2.05, 4.69) is 31.7 Å². The second-order valence-corrected chi connectivity index (χ2v) is 11.0. The number of allylic oxidation sites excluding steroid dienone is 3. The Labute approximate surface area is 273 Å². The lowest BCUT2D eigenvalue weighted by molar-refractivity contribution is -0.420. The lowest BCUT2D eigenvalue weighted by Crippen LogP contribution is -2.34. The van der Waals surface area contributed by atoms with Crippen LogP contribution in [0.4, 0.5) is 11.5 Å². The summed E-state index contributed by atoms with van der Waals surface area (Å²) in [6, 6.07) is 15.2. The van der Waals surface area contributed by atoms with Crippen molar-refractivity contribution in [3.8, 4) is 17.0 Å². The SMILES string of the molecule is Cn1nc(-c2ccc(NC(=O)C3=CCCC=C3Cl)cc2)cc1NC(=O)c1cccc(OCCN=C2C=CC([N+](=O)[O-])=C3NONC23)c1. The van der Waals surface area contributed by atoms with Gasteiger partial charge in [-0.2, -0.15) is 15.5 Å². The fourth-order valence-corrected chi connectivity index (χ4v) is 5.34. The summed E-state index contributed by atoms with van der Waals surface area (Å²) >= 11 is 6.18. The van der Waals surface area contributed by atoms with Crippen molar-refractivity contribution in [1.29, 1.82) is 0 Å². The fraction of sp³-hybridized carbons (Fsp3) is 0.188. The van der Waals surface area contributed by atoms with Crippen LogP contribution >= 0.6 is 11.6 Å². The number of nitro groups is 1. The standard InChI is InChI=1S/C32H29ClN8O6/c1-40-28(18-26(37-40)19-9-11-21(12-10-19)35-32(43)23-7-2-3-8-24(23)33)36-31(42)20-5-4-6-22(17-20)46-16-15-34-25-13-14-27(41(44)45)30-29(25)38-47-39-30/h4-14,17-18,29,38-39H,2-3,15-16H2,1H3,(H,35,43)(H,36,42). The molecule has 2 amide bonds. The predicted molar refractivity (Wildman–Crippen MR) is 175 cm³/mol. The van der Waals surface area contributed by atoms with Crippen LogP contribution in [0.2, 0.25) is 0 Å². The number of hydrogen-bond donors (Lipinski definition) is 4. The average Bonchev–Trinajstić information content (AvgIpc) is 3.71. The highest BCUT2D eigenvalue weighted by Crippen LogP contribution is 2.26. The second-order valence-electron chi connectivity index (χ2n) is 10.6. The van der Waals surface area contributed by atoms with E-state index >= 15 is 0 Å². The number of anilines is 2. The molecule has 47 heavy (non-hydrogen) atoms. The zero-order valence-electron chi connectivity index (χ0n) is 25.0. The Bertz CT molecular complexity index is 1890. The van der Waals surface area contributed by atoms with Crippen molar-refractivity contribution in [2.24, 2.45) is 12.0 Å². The van der Waals surface area contributed by atoms with Gasteiger partial charge in [-0.15, -0.1) is 0 Å². The van der Waals surface area contributed by atoms with Gasteiger partial charge in [0.15, 0.2) is 0 Å². The summed E-state index contributed by atoms with van der Waals surface area (Å²) in [7, 11) is 1.73. The summed E-state index contributed by atoms with van der Waals surface area (Å²) in [6.07, 6.45) is 8.19. The predicted octanol–water partition coefficient (Wildman–Crippen LogP) is 4.41. The van der Waals surface area contributed by atoms with Crippen LogP contribution in [0.5, 0.6) is 5.75 Å². The van der Waals surface area contributed by atoms with Gasteiger partial charge in [0.05, 0.1) is 28.4 Å². The van der Waals surface area contributed by atoms with Gasteiger partial charge in [-0.25, -0.2) is 5.48 Å². The van der Waals surface area contributed by atoms with Crippen LogP contribution in [-0.4, -0.2) is 51.4 Å². The summed E-state index contributed by atoms with van der Waals surface area (Å²) < 4.78 is 7.38. The Hall–Kier alpha value is -5.57. The number of aromatic nitrogens is 2. The molecule has 1 fully saturated rings. The number of halogens is 1. The number of carbonyl (C=O) groups excluding carboxylic acids is 2. The maximum atomic E-state index is 13.1. The van der Waals surface area contributed by atoms with E-state index in [0.717, 1.165) is 18.4 Å². The van der Waals surface area contributed by atoms with E-state index in [1.54, 1.807) is 60.3 Å². The molecule has 0 bridgehead atoms. The van der Waals surface area contributed by atoms with Crippen LogP contribution in [0.25, 0.3) is 11.3 Å². The molecule has 2 heterocycles. The van der Waals surface area contributed by atoms with Crippen molar-refractivity contribution < 1.29 is 24.2 Å². The summed E-state index contributed by atoms with van der Waals surface area (Å²) in [4.78, 5) is 45.9. The van der Waals surface area contributed by atoms with Gasteiger partial charge < -0.3 is 15.4 Å². The highest BCUT2D eigenvalue weighted by molar-refractivity contribution is 6.36. The molecule has 2 aromatic carbocycles. The van der Waals surface area contributed by atoms with Crippen molar-refractivity contribution in [2.45, 2.75) is 18.9 Å². The minimum absolute atomic E-state index is 0.0965. The largest absolute Gasteiger partial charge is 0.492 e. The molecular formula is C32H29ClN8O6. The molecule has 1 atom stereocenters. The van der Waals surface area contributed by atoms with Crippen molar-refractivity contribution in [2.75, 3.05) is 23.8 Å². The number of carbonyl (C=O) groups is 2. The summed E-state index contributed by atoms with van der Waals surface area (Å²) in [6.45, 7) is 0.477. The first-order chi connectivity index (χ1) is 22.8. The van der Waals surface area contributed by atoms with Crippen molar-refractivity contribution in [1.82, 2.24) is 20.7 Å². The molecule has 2 aliphatic carbocycles. The Kier molecular flexibility index (Phi) is 9.24. The number of fused-ring (bicyclic) bond motifs is 1. The quantitative estimate of drug-likeness (QED) is 0.140.